The zero-order valence-corrected chi connectivity index (χ0v) is 9.85. The van der Waals surface area contributed by atoms with Crippen LogP contribution in [-0.2, 0) is 6.42 Å². The Kier molecular flexibility index (Phi) is 3.65. The van der Waals surface area contributed by atoms with Gasteiger partial charge in [0.2, 0.25) is 0 Å². The Balaban J connectivity index is 1.97. The van der Waals surface area contributed by atoms with E-state index in [1.54, 1.807) is 0 Å². The van der Waals surface area contributed by atoms with Crippen molar-refractivity contribution < 1.29 is 9.84 Å². The van der Waals surface area contributed by atoms with Gasteiger partial charge >= 0.3 is 0 Å². The van der Waals surface area contributed by atoms with Crippen LogP contribution in [0.2, 0.25) is 0 Å². The van der Waals surface area contributed by atoms with Crippen molar-refractivity contribution in [1.82, 2.24) is 0 Å². The van der Waals surface area contributed by atoms with Gasteiger partial charge in [0.25, 0.3) is 0 Å². The van der Waals surface area contributed by atoms with E-state index >= 15 is 0 Å². The number of hydrogen-bond acceptors (Lipinski definition) is 3. The fourth-order valence-electron chi connectivity index (χ4n) is 1.92. The lowest BCUT2D eigenvalue weighted by Gasteiger charge is -2.15. The normalized spacial score (nSPS) is 16.2. The minimum absolute atomic E-state index is 0.0983. The summed E-state index contributed by atoms with van der Waals surface area (Å²) in [6, 6.07) is 9.99. The Labute approximate surface area is 102 Å². The first kappa shape index (κ1) is 11.9. The van der Waals surface area contributed by atoms with E-state index in [2.05, 4.69) is 6.07 Å². The summed E-state index contributed by atoms with van der Waals surface area (Å²) in [6.07, 6.45) is 3.36. The lowest BCUT2D eigenvalue weighted by atomic mass is 10.1. The molecule has 0 unspecified atom stereocenters. The predicted molar refractivity (Wildman–Crippen MR) is 64.6 cm³/mol. The molecule has 0 atom stereocenters. The number of para-hydroxylation sites is 1. The molecule has 1 aromatic carbocycles. The largest absolute Gasteiger partial charge is 0.493 e. The molecule has 1 fully saturated rings. The fraction of sp³-hybridized carbons (Fsp3) is 0.500. The molecule has 0 aliphatic heterocycles. The van der Waals surface area contributed by atoms with Crippen molar-refractivity contribution in [3.05, 3.63) is 29.8 Å². The number of nitrogens with zero attached hydrogens (tertiary/aromatic N) is 1. The Morgan fingerprint density at radius 3 is 2.76 bits per heavy atom. The lowest BCUT2D eigenvalue weighted by Crippen LogP contribution is -2.13. The van der Waals surface area contributed by atoms with Crippen LogP contribution in [-0.4, -0.2) is 18.3 Å². The molecule has 3 nitrogen and oxygen atoms in total. The molecule has 17 heavy (non-hydrogen) atoms. The van der Waals surface area contributed by atoms with Crippen LogP contribution in [0.3, 0.4) is 0 Å². The van der Waals surface area contributed by atoms with Crippen molar-refractivity contribution >= 4 is 0 Å². The highest BCUT2D eigenvalue weighted by atomic mass is 16.5. The molecule has 2 rings (SSSR count). The molecular formula is C14H17NO2. The molecule has 1 aliphatic rings. The number of rotatable bonds is 6. The van der Waals surface area contributed by atoms with E-state index in [1.165, 1.54) is 0 Å². The van der Waals surface area contributed by atoms with Crippen LogP contribution in [0, 0.1) is 16.7 Å². The van der Waals surface area contributed by atoms with E-state index < -0.39 is 0 Å². The zero-order valence-electron chi connectivity index (χ0n) is 9.85. The Morgan fingerprint density at radius 2 is 2.12 bits per heavy atom. The second kappa shape index (κ2) is 5.20. The average Bonchev–Trinajstić information content (AvgIpc) is 3.09. The van der Waals surface area contributed by atoms with Crippen molar-refractivity contribution in [3.63, 3.8) is 0 Å². The van der Waals surface area contributed by atoms with E-state index in [0.29, 0.717) is 19.4 Å². The maximum atomic E-state index is 8.97. The van der Waals surface area contributed by atoms with Crippen LogP contribution in [0.1, 0.15) is 24.8 Å². The molecular weight excluding hydrogens is 214 g/mol. The number of ether oxygens (including phenoxy) is 1. The van der Waals surface area contributed by atoms with Crippen LogP contribution in [0.4, 0.5) is 0 Å². The van der Waals surface area contributed by atoms with Gasteiger partial charge in [-0.15, -0.1) is 0 Å². The first-order chi connectivity index (χ1) is 8.29. The number of aliphatic hydroxyl groups is 1. The van der Waals surface area contributed by atoms with Crippen LogP contribution in [0.15, 0.2) is 24.3 Å². The van der Waals surface area contributed by atoms with Gasteiger partial charge in [-0.25, -0.2) is 0 Å². The quantitative estimate of drug-likeness (QED) is 0.817. The summed E-state index contributed by atoms with van der Waals surface area (Å²) in [6.45, 7) is 0.743. The van der Waals surface area contributed by atoms with Gasteiger partial charge in [-0.3, -0.25) is 0 Å². The maximum Gasteiger partial charge on any atom is 0.122 e. The summed E-state index contributed by atoms with van der Waals surface area (Å²) in [5.41, 5.74) is 1.13. The van der Waals surface area contributed by atoms with Gasteiger partial charge in [-0.2, -0.15) is 5.26 Å². The van der Waals surface area contributed by atoms with Crippen molar-refractivity contribution in [2.75, 3.05) is 13.2 Å². The molecule has 0 bridgehead atoms. The first-order valence-corrected chi connectivity index (χ1v) is 5.98. The molecule has 3 heteroatoms. The third kappa shape index (κ3) is 2.98. The fourth-order valence-corrected chi connectivity index (χ4v) is 1.92. The van der Waals surface area contributed by atoms with Crippen LogP contribution >= 0.6 is 0 Å². The summed E-state index contributed by atoms with van der Waals surface area (Å²) in [5.74, 6) is 0.839. The van der Waals surface area contributed by atoms with Crippen LogP contribution in [0.25, 0.3) is 0 Å². The molecule has 90 valence electrons. The standard InChI is InChI=1S/C14H17NO2/c15-9-8-14(6-7-14)11-17-13-4-2-1-3-12(13)5-10-16/h1-4,16H,5-8,10-11H2. The molecule has 1 N–H and O–H groups in total. The van der Waals surface area contributed by atoms with E-state index in [4.69, 9.17) is 15.1 Å². The van der Waals surface area contributed by atoms with E-state index in [1.807, 2.05) is 24.3 Å². The number of nitriles is 1. The smallest absolute Gasteiger partial charge is 0.122 e. The summed E-state index contributed by atoms with van der Waals surface area (Å²) < 4.78 is 5.81. The summed E-state index contributed by atoms with van der Waals surface area (Å²) >= 11 is 0. The van der Waals surface area contributed by atoms with Crippen molar-refractivity contribution in [2.45, 2.75) is 25.7 Å². The van der Waals surface area contributed by atoms with Gasteiger partial charge in [0, 0.05) is 18.4 Å². The molecule has 1 saturated carbocycles. The Morgan fingerprint density at radius 1 is 1.35 bits per heavy atom. The van der Waals surface area contributed by atoms with Crippen LogP contribution < -0.4 is 4.74 Å². The minimum Gasteiger partial charge on any atom is -0.493 e. The molecule has 0 spiro atoms. The second-order valence-corrected chi connectivity index (χ2v) is 4.70. The van der Waals surface area contributed by atoms with Crippen molar-refractivity contribution in [1.29, 1.82) is 5.26 Å². The van der Waals surface area contributed by atoms with Gasteiger partial charge in [0.1, 0.15) is 5.75 Å². The number of hydrogen-bond donors (Lipinski definition) is 1. The summed E-state index contributed by atoms with van der Waals surface area (Å²) in [4.78, 5) is 0. The third-order valence-corrected chi connectivity index (χ3v) is 3.30. The Hall–Kier alpha value is -1.53. The zero-order chi connectivity index (χ0) is 12.1. The minimum atomic E-state index is 0.0983. The molecule has 1 aromatic rings. The second-order valence-electron chi connectivity index (χ2n) is 4.70. The summed E-state index contributed by atoms with van der Waals surface area (Å²) in [7, 11) is 0. The van der Waals surface area contributed by atoms with E-state index in [9.17, 15) is 0 Å². The van der Waals surface area contributed by atoms with Gasteiger partial charge in [-0.1, -0.05) is 18.2 Å². The molecule has 0 aromatic heterocycles. The van der Waals surface area contributed by atoms with Gasteiger partial charge in [-0.05, 0) is 30.9 Å². The molecule has 0 heterocycles. The van der Waals surface area contributed by atoms with E-state index in [0.717, 1.165) is 24.2 Å². The molecule has 0 saturated heterocycles. The highest BCUT2D eigenvalue weighted by molar-refractivity contribution is 5.33. The Bertz CT molecular complexity index is 418. The SMILES string of the molecule is N#CCC1(COc2ccccc2CCO)CC1. The maximum absolute atomic E-state index is 8.97. The monoisotopic (exact) mass is 231 g/mol. The highest BCUT2D eigenvalue weighted by Crippen LogP contribution is 2.48. The molecule has 0 amide bonds. The lowest BCUT2D eigenvalue weighted by molar-refractivity contribution is 0.232. The van der Waals surface area contributed by atoms with E-state index in [-0.39, 0.29) is 12.0 Å². The highest BCUT2D eigenvalue weighted by Gasteiger charge is 2.43. The number of aliphatic hydroxyl groups excluding tert-OH is 1. The van der Waals surface area contributed by atoms with Crippen molar-refractivity contribution in [3.8, 4) is 11.8 Å². The first-order valence-electron chi connectivity index (χ1n) is 5.98. The number of benzene rings is 1. The van der Waals surface area contributed by atoms with Crippen molar-refractivity contribution in [2.24, 2.45) is 5.41 Å². The van der Waals surface area contributed by atoms with Gasteiger partial charge in [0.15, 0.2) is 0 Å². The van der Waals surface area contributed by atoms with Gasteiger partial charge in [0.05, 0.1) is 12.7 Å². The van der Waals surface area contributed by atoms with Gasteiger partial charge < -0.3 is 9.84 Å². The summed E-state index contributed by atoms with van der Waals surface area (Å²) in [5, 5.41) is 17.7. The average molecular weight is 231 g/mol. The topological polar surface area (TPSA) is 53.2 Å². The predicted octanol–water partition coefficient (Wildman–Crippen LogP) is 2.29. The third-order valence-electron chi connectivity index (χ3n) is 3.30. The molecule has 0 radical (unpaired) electrons. The molecule has 1 aliphatic carbocycles. The van der Waals surface area contributed by atoms with Crippen LogP contribution in [0.5, 0.6) is 5.75 Å².